The lowest BCUT2D eigenvalue weighted by Crippen LogP contribution is -2.41. The standard InChI is InChI=1S/C22H24ClN3O8S2/c23-19-16(11-17(27)28)24-21(35-19)25-20(29)18(34-13-7-9-26(10-8-13)22(30)31)12-1-3-14(4-2-12)36(32,33)15-5-6-15/h1-4,13,15,18H,5-11H2,(H,27,28)(H,30,31)(H,24,25,29). The van der Waals surface area contributed by atoms with Gasteiger partial charge in [0.05, 0.1) is 28.4 Å². The number of aromatic nitrogens is 1. The summed E-state index contributed by atoms with van der Waals surface area (Å²) >= 11 is 6.97. The Kier molecular flexibility index (Phi) is 7.83. The number of amides is 2. The quantitative estimate of drug-likeness (QED) is 0.420. The number of nitrogens with zero attached hydrogens (tertiary/aromatic N) is 2. The number of benzene rings is 1. The van der Waals surface area contributed by atoms with Crippen LogP contribution in [0.15, 0.2) is 29.2 Å². The van der Waals surface area contributed by atoms with Crippen LogP contribution in [0.25, 0.3) is 0 Å². The van der Waals surface area contributed by atoms with Crippen LogP contribution < -0.4 is 5.32 Å². The number of carboxylic acid groups (broad SMARTS) is 2. The number of anilines is 1. The highest BCUT2D eigenvalue weighted by atomic mass is 35.5. The maximum Gasteiger partial charge on any atom is 0.407 e. The van der Waals surface area contributed by atoms with Gasteiger partial charge in [0, 0.05) is 13.1 Å². The molecule has 1 atom stereocenters. The Morgan fingerprint density at radius 3 is 2.33 bits per heavy atom. The molecule has 36 heavy (non-hydrogen) atoms. The summed E-state index contributed by atoms with van der Waals surface area (Å²) in [6, 6.07) is 5.95. The summed E-state index contributed by atoms with van der Waals surface area (Å²) in [5.74, 6) is -1.71. The molecule has 1 aromatic heterocycles. The number of halogens is 1. The Morgan fingerprint density at radius 2 is 1.78 bits per heavy atom. The number of carbonyl (C=O) groups excluding carboxylic acids is 1. The number of thiazole rings is 1. The van der Waals surface area contributed by atoms with E-state index < -0.39 is 46.4 Å². The van der Waals surface area contributed by atoms with Crippen LogP contribution in [0.1, 0.15) is 43.0 Å². The van der Waals surface area contributed by atoms with E-state index in [4.69, 9.17) is 26.6 Å². The van der Waals surface area contributed by atoms with Crippen molar-refractivity contribution in [2.24, 2.45) is 0 Å². The minimum atomic E-state index is -3.40. The van der Waals surface area contributed by atoms with Crippen molar-refractivity contribution in [3.63, 3.8) is 0 Å². The predicted molar refractivity (Wildman–Crippen MR) is 130 cm³/mol. The van der Waals surface area contributed by atoms with E-state index in [0.717, 1.165) is 11.3 Å². The number of sulfone groups is 1. The van der Waals surface area contributed by atoms with Crippen LogP contribution in [-0.2, 0) is 30.6 Å². The molecule has 1 aromatic carbocycles. The molecule has 2 aliphatic rings. The molecular formula is C22H24ClN3O8S2. The lowest BCUT2D eigenvalue weighted by Gasteiger charge is -2.32. The van der Waals surface area contributed by atoms with Crippen LogP contribution in [0.3, 0.4) is 0 Å². The first kappa shape index (κ1) is 26.3. The van der Waals surface area contributed by atoms with E-state index in [2.05, 4.69) is 10.3 Å². The van der Waals surface area contributed by atoms with Crippen LogP contribution in [0.2, 0.25) is 4.34 Å². The van der Waals surface area contributed by atoms with E-state index in [1.54, 1.807) is 0 Å². The van der Waals surface area contributed by atoms with Gasteiger partial charge in [-0.1, -0.05) is 35.1 Å². The molecule has 1 unspecified atom stereocenters. The second-order valence-corrected chi connectivity index (χ2v) is 12.4. The molecule has 14 heteroatoms. The maximum atomic E-state index is 13.3. The molecule has 11 nitrogen and oxygen atoms in total. The fourth-order valence-electron chi connectivity index (χ4n) is 3.88. The molecule has 0 spiro atoms. The van der Waals surface area contributed by atoms with Gasteiger partial charge in [-0.3, -0.25) is 14.9 Å². The Morgan fingerprint density at radius 1 is 1.14 bits per heavy atom. The molecule has 1 saturated carbocycles. The Labute approximate surface area is 216 Å². The first-order chi connectivity index (χ1) is 17.0. The van der Waals surface area contributed by atoms with Crippen LogP contribution in [-0.4, -0.2) is 70.9 Å². The van der Waals surface area contributed by atoms with Crippen LogP contribution in [0, 0.1) is 0 Å². The van der Waals surface area contributed by atoms with Crippen molar-refractivity contribution in [2.45, 2.75) is 54.5 Å². The molecule has 1 aliphatic heterocycles. The zero-order chi connectivity index (χ0) is 26.0. The zero-order valence-corrected chi connectivity index (χ0v) is 21.3. The smallest absolute Gasteiger partial charge is 0.407 e. The molecule has 1 aliphatic carbocycles. The fraction of sp³-hybridized carbons (Fsp3) is 0.455. The van der Waals surface area contributed by atoms with E-state index in [1.165, 1.54) is 29.2 Å². The van der Waals surface area contributed by atoms with Gasteiger partial charge in [-0.05, 0) is 43.4 Å². The van der Waals surface area contributed by atoms with Gasteiger partial charge in [0.25, 0.3) is 5.91 Å². The van der Waals surface area contributed by atoms with E-state index in [0.29, 0.717) is 31.2 Å². The summed E-state index contributed by atoms with van der Waals surface area (Å²) in [5, 5.41) is 20.5. The summed E-state index contributed by atoms with van der Waals surface area (Å²) in [6.07, 6.45) is -0.937. The summed E-state index contributed by atoms with van der Waals surface area (Å²) in [4.78, 5) is 41.0. The van der Waals surface area contributed by atoms with Crippen LogP contribution in [0.5, 0.6) is 0 Å². The third kappa shape index (κ3) is 6.14. The number of carboxylic acids is 1. The van der Waals surface area contributed by atoms with Gasteiger partial charge >= 0.3 is 12.1 Å². The van der Waals surface area contributed by atoms with E-state index in [9.17, 15) is 22.8 Å². The highest BCUT2D eigenvalue weighted by Gasteiger charge is 2.37. The number of carbonyl (C=O) groups is 3. The van der Waals surface area contributed by atoms with Crippen LogP contribution in [0.4, 0.5) is 9.93 Å². The first-order valence-corrected chi connectivity index (χ1v) is 13.9. The van der Waals surface area contributed by atoms with Crippen molar-refractivity contribution in [1.29, 1.82) is 0 Å². The average molecular weight is 558 g/mol. The lowest BCUT2D eigenvalue weighted by molar-refractivity contribution is -0.136. The minimum absolute atomic E-state index is 0.100. The third-order valence-corrected chi connectivity index (χ3v) is 9.48. The number of nitrogens with one attached hydrogen (secondary N) is 1. The molecule has 2 aromatic rings. The summed E-state index contributed by atoms with van der Waals surface area (Å²) in [5.41, 5.74) is 0.536. The molecule has 2 amide bonds. The zero-order valence-electron chi connectivity index (χ0n) is 18.9. The molecule has 2 fully saturated rings. The summed E-state index contributed by atoms with van der Waals surface area (Å²) < 4.78 is 31.3. The number of piperidine rings is 1. The summed E-state index contributed by atoms with van der Waals surface area (Å²) in [6.45, 7) is 0.515. The molecule has 0 radical (unpaired) electrons. The largest absolute Gasteiger partial charge is 0.481 e. The van der Waals surface area contributed by atoms with Gasteiger partial charge in [0.2, 0.25) is 0 Å². The number of hydrogen-bond donors (Lipinski definition) is 3. The van der Waals surface area contributed by atoms with Crippen LogP contribution >= 0.6 is 22.9 Å². The second-order valence-electron chi connectivity index (χ2n) is 8.60. The molecule has 0 bridgehead atoms. The van der Waals surface area contributed by atoms with Gasteiger partial charge in [0.1, 0.15) is 4.34 Å². The molecule has 4 rings (SSSR count). The topological polar surface area (TPSA) is 163 Å². The van der Waals surface area contributed by atoms with Gasteiger partial charge in [-0.2, -0.15) is 0 Å². The molecule has 194 valence electrons. The second kappa shape index (κ2) is 10.7. The SMILES string of the molecule is O=C(O)Cc1nc(NC(=O)C(OC2CCN(C(=O)O)CC2)c2ccc(S(=O)(=O)C3CC3)cc2)sc1Cl. The van der Waals surface area contributed by atoms with Crippen molar-refractivity contribution in [3.05, 3.63) is 39.9 Å². The van der Waals surface area contributed by atoms with Gasteiger partial charge < -0.3 is 19.8 Å². The van der Waals surface area contributed by atoms with Crippen molar-refractivity contribution >= 4 is 55.9 Å². The number of hydrogen-bond acceptors (Lipinski definition) is 8. The normalized spacial score (nSPS) is 17.5. The van der Waals surface area contributed by atoms with Crippen molar-refractivity contribution in [3.8, 4) is 0 Å². The predicted octanol–water partition coefficient (Wildman–Crippen LogP) is 3.20. The van der Waals surface area contributed by atoms with Gasteiger partial charge in [-0.25, -0.2) is 18.2 Å². The average Bonchev–Trinajstić information content (AvgIpc) is 3.63. The van der Waals surface area contributed by atoms with Gasteiger partial charge in [0.15, 0.2) is 21.1 Å². The maximum absolute atomic E-state index is 13.3. The Bertz CT molecular complexity index is 1250. The number of rotatable bonds is 9. The van der Waals surface area contributed by atoms with Crippen molar-refractivity contribution in [2.75, 3.05) is 18.4 Å². The molecule has 2 heterocycles. The van der Waals surface area contributed by atoms with E-state index in [1.807, 2.05) is 0 Å². The first-order valence-electron chi connectivity index (χ1n) is 11.2. The highest BCUT2D eigenvalue weighted by Crippen LogP contribution is 2.35. The number of aliphatic carboxylic acids is 1. The van der Waals surface area contributed by atoms with Crippen molar-refractivity contribution < 1.29 is 37.8 Å². The highest BCUT2D eigenvalue weighted by molar-refractivity contribution is 7.92. The van der Waals surface area contributed by atoms with E-state index in [-0.39, 0.29) is 38.4 Å². The van der Waals surface area contributed by atoms with E-state index >= 15 is 0 Å². The van der Waals surface area contributed by atoms with Crippen molar-refractivity contribution in [1.82, 2.24) is 9.88 Å². The Hall–Kier alpha value is -2.74. The molecule has 3 N–H and O–H groups in total. The number of ether oxygens (including phenoxy) is 1. The molecular weight excluding hydrogens is 534 g/mol. The Balaban J connectivity index is 1.54. The minimum Gasteiger partial charge on any atom is -0.481 e. The lowest BCUT2D eigenvalue weighted by atomic mass is 10.1. The number of likely N-dealkylation sites (tertiary alicyclic amines) is 1. The summed E-state index contributed by atoms with van der Waals surface area (Å²) in [7, 11) is -3.40. The third-order valence-electron chi connectivity index (χ3n) is 5.95. The fourth-order valence-corrected chi connectivity index (χ4v) is 6.58. The van der Waals surface area contributed by atoms with Gasteiger partial charge in [-0.15, -0.1) is 0 Å². The monoisotopic (exact) mass is 557 g/mol. The molecule has 1 saturated heterocycles.